The predicted octanol–water partition coefficient (Wildman–Crippen LogP) is 10.3. The van der Waals surface area contributed by atoms with Crippen molar-refractivity contribution in [1.29, 1.82) is 0 Å². The number of fused-ring (bicyclic) bond motifs is 2. The van der Waals surface area contributed by atoms with Gasteiger partial charge in [0, 0.05) is 48.8 Å². The molecule has 2 saturated heterocycles. The van der Waals surface area contributed by atoms with Crippen molar-refractivity contribution in [2.75, 3.05) is 26.2 Å². The van der Waals surface area contributed by atoms with E-state index in [2.05, 4.69) is 46.2 Å². The van der Waals surface area contributed by atoms with E-state index >= 15 is 0 Å². The number of esters is 2. The summed E-state index contributed by atoms with van der Waals surface area (Å²) in [6.07, 6.45) is 28.1. The zero-order valence-corrected chi connectivity index (χ0v) is 34.3. The van der Waals surface area contributed by atoms with Crippen molar-refractivity contribution in [2.24, 2.45) is 23.7 Å². The maximum Gasteiger partial charge on any atom is 0.311 e. The molecule has 4 saturated carbocycles. The second-order valence-electron chi connectivity index (χ2n) is 20.1. The van der Waals surface area contributed by atoms with E-state index in [0.717, 1.165) is 73.7 Å². The summed E-state index contributed by atoms with van der Waals surface area (Å²) in [6.45, 7) is 5.10. The summed E-state index contributed by atoms with van der Waals surface area (Å²) in [5.74, 6) is 4.72. The van der Waals surface area contributed by atoms with Crippen molar-refractivity contribution >= 4 is 11.9 Å². The molecule has 2 aliphatic heterocycles. The van der Waals surface area contributed by atoms with E-state index in [1.807, 2.05) is 0 Å². The fraction of sp³-hybridized carbons (Fsp3) is 0.720. The molecule has 2 aromatic rings. The normalized spacial score (nSPS) is 32.1. The summed E-state index contributed by atoms with van der Waals surface area (Å²) >= 11 is 0. The largest absolute Gasteiger partial charge is 0.427 e. The van der Waals surface area contributed by atoms with Crippen LogP contribution >= 0.6 is 0 Å². The van der Waals surface area contributed by atoms with Crippen LogP contribution in [-0.4, -0.2) is 60.0 Å². The smallest absolute Gasteiger partial charge is 0.311 e. The molecule has 4 bridgehead atoms. The molecular formula is C50H68N2O4. The van der Waals surface area contributed by atoms with Crippen molar-refractivity contribution in [3.8, 4) is 11.5 Å². The van der Waals surface area contributed by atoms with Crippen LogP contribution in [0.5, 0.6) is 11.5 Å². The molecule has 6 heteroatoms. The number of carbonyl (C=O) groups is 2. The Morgan fingerprint density at radius 3 is 1.45 bits per heavy atom. The van der Waals surface area contributed by atoms with E-state index in [1.165, 1.54) is 151 Å². The lowest BCUT2D eigenvalue weighted by molar-refractivity contribution is -0.135. The SMILES string of the molecule is O=C(CCCCCCCCC(=O)Oc1ccc2c(c1)[C@@]13CCCC[C@H]1[C@H](C2)N(CC1CC1)CC3)Oc1ccc2c(c1)[C@@]13CCCC[C@H]1[C@H](C2)N(CC1CC1)CC3. The highest BCUT2D eigenvalue weighted by Crippen LogP contribution is 2.58. The van der Waals surface area contributed by atoms with Gasteiger partial charge in [-0.15, -0.1) is 0 Å². The molecule has 0 radical (unpaired) electrons. The van der Waals surface area contributed by atoms with Gasteiger partial charge in [0.15, 0.2) is 0 Å². The lowest BCUT2D eigenvalue weighted by atomic mass is 9.52. The van der Waals surface area contributed by atoms with E-state index in [-0.39, 0.29) is 22.8 Å². The van der Waals surface area contributed by atoms with Gasteiger partial charge >= 0.3 is 11.9 Å². The predicted molar refractivity (Wildman–Crippen MR) is 221 cm³/mol. The molecule has 0 spiro atoms. The summed E-state index contributed by atoms with van der Waals surface area (Å²) in [5, 5.41) is 0. The van der Waals surface area contributed by atoms with Crippen molar-refractivity contribution in [1.82, 2.24) is 9.80 Å². The zero-order valence-electron chi connectivity index (χ0n) is 34.3. The number of carbonyl (C=O) groups excluding carboxylic acids is 2. The van der Waals surface area contributed by atoms with Crippen LogP contribution in [0.4, 0.5) is 0 Å². The summed E-state index contributed by atoms with van der Waals surface area (Å²) in [6, 6.07) is 14.7. The molecule has 0 aromatic heterocycles. The summed E-state index contributed by atoms with van der Waals surface area (Å²) in [5.41, 5.74) is 6.61. The van der Waals surface area contributed by atoms with E-state index in [9.17, 15) is 9.59 Å². The average molecular weight is 761 g/mol. The highest BCUT2D eigenvalue weighted by Gasteiger charge is 2.55. The van der Waals surface area contributed by atoms with Crippen LogP contribution in [0.1, 0.15) is 164 Å². The van der Waals surface area contributed by atoms with Crippen molar-refractivity contribution in [2.45, 2.75) is 177 Å². The van der Waals surface area contributed by atoms with Crippen LogP contribution in [0.3, 0.4) is 0 Å². The number of hydrogen-bond acceptors (Lipinski definition) is 6. The topological polar surface area (TPSA) is 59.1 Å². The number of nitrogens with zero attached hydrogens (tertiary/aromatic N) is 2. The first kappa shape index (κ1) is 37.6. The van der Waals surface area contributed by atoms with E-state index < -0.39 is 0 Å². The number of piperidine rings is 2. The number of hydrogen-bond donors (Lipinski definition) is 0. The molecule has 6 atom stereocenters. The first-order chi connectivity index (χ1) is 27.5. The summed E-state index contributed by atoms with van der Waals surface area (Å²) < 4.78 is 12.0. The van der Waals surface area contributed by atoms with Gasteiger partial charge in [0.2, 0.25) is 0 Å². The highest BCUT2D eigenvalue weighted by atomic mass is 16.5. The Balaban J connectivity index is 0.650. The number of benzene rings is 2. The Bertz CT molecular complexity index is 1640. The van der Waals surface area contributed by atoms with Gasteiger partial charge in [-0.2, -0.15) is 0 Å². The van der Waals surface area contributed by atoms with E-state index in [1.54, 1.807) is 0 Å². The van der Waals surface area contributed by atoms with Crippen LogP contribution in [0.25, 0.3) is 0 Å². The van der Waals surface area contributed by atoms with Crippen LogP contribution < -0.4 is 9.47 Å². The van der Waals surface area contributed by atoms with Gasteiger partial charge in [-0.3, -0.25) is 19.4 Å². The Morgan fingerprint density at radius 1 is 0.554 bits per heavy atom. The fourth-order valence-electron chi connectivity index (χ4n) is 13.6. The average Bonchev–Trinajstić information content (AvgIpc) is 4.16. The van der Waals surface area contributed by atoms with Gasteiger partial charge < -0.3 is 9.47 Å². The highest BCUT2D eigenvalue weighted by molar-refractivity contribution is 5.73. The Morgan fingerprint density at radius 2 is 1.00 bits per heavy atom. The maximum absolute atomic E-state index is 13.0. The second kappa shape index (κ2) is 15.8. The zero-order chi connectivity index (χ0) is 37.7. The summed E-state index contributed by atoms with van der Waals surface area (Å²) in [7, 11) is 0. The molecule has 10 rings (SSSR count). The summed E-state index contributed by atoms with van der Waals surface area (Å²) in [4.78, 5) is 31.6. The molecule has 2 aromatic carbocycles. The molecule has 0 N–H and O–H groups in total. The van der Waals surface area contributed by atoms with Crippen LogP contribution in [-0.2, 0) is 33.3 Å². The molecule has 0 amide bonds. The molecule has 2 heterocycles. The Kier molecular flexibility index (Phi) is 10.6. The third kappa shape index (κ3) is 7.42. The van der Waals surface area contributed by atoms with Crippen molar-refractivity contribution < 1.29 is 19.1 Å². The maximum atomic E-state index is 13.0. The lowest BCUT2D eigenvalue weighted by Gasteiger charge is -2.59. The number of unbranched alkanes of at least 4 members (excludes halogenated alkanes) is 5. The first-order valence-electron chi connectivity index (χ1n) is 23.6. The van der Waals surface area contributed by atoms with Crippen LogP contribution in [0.2, 0.25) is 0 Å². The minimum absolute atomic E-state index is 0.0991. The van der Waals surface area contributed by atoms with Gasteiger partial charge in [-0.1, -0.05) is 63.5 Å². The molecule has 6 nitrogen and oxygen atoms in total. The van der Waals surface area contributed by atoms with Gasteiger partial charge in [0.05, 0.1) is 0 Å². The molecule has 6 fully saturated rings. The van der Waals surface area contributed by atoms with Crippen molar-refractivity contribution in [3.63, 3.8) is 0 Å². The Labute approximate surface area is 336 Å². The quantitative estimate of drug-likeness (QED) is 0.102. The van der Waals surface area contributed by atoms with Gasteiger partial charge in [0.1, 0.15) is 11.5 Å². The molecular weight excluding hydrogens is 693 g/mol. The monoisotopic (exact) mass is 761 g/mol. The number of ether oxygens (including phenoxy) is 2. The third-order valence-electron chi connectivity index (χ3n) is 16.7. The third-order valence-corrected chi connectivity index (χ3v) is 16.7. The van der Waals surface area contributed by atoms with Gasteiger partial charge in [-0.05, 0) is 173 Å². The lowest BCUT2D eigenvalue weighted by Crippen LogP contribution is -2.61. The molecule has 0 unspecified atom stereocenters. The Hall–Kier alpha value is -2.70. The fourth-order valence-corrected chi connectivity index (χ4v) is 13.6. The molecule has 6 aliphatic carbocycles. The second-order valence-corrected chi connectivity index (χ2v) is 20.1. The minimum atomic E-state index is -0.0991. The minimum Gasteiger partial charge on any atom is -0.427 e. The van der Waals surface area contributed by atoms with Crippen molar-refractivity contribution in [3.05, 3.63) is 58.7 Å². The first-order valence-corrected chi connectivity index (χ1v) is 23.6. The standard InChI is InChI=1S/C50H68N2O4/c53-47(55-39-21-19-37-29-45-41-11-7-9-23-49(41,43(37)31-39)25-27-51(45)33-35-15-16-35)13-5-3-1-2-4-6-14-48(54)56-40-22-20-38-30-46-42-12-8-10-24-50(42,44(38)32-40)26-28-52(46)34-36-17-18-36/h19-22,31-32,35-36,41-42,45-46H,1-18,23-30,33-34H2/t41-,42-,45-,46-,49+,50+/m0/s1. The van der Waals surface area contributed by atoms with Gasteiger partial charge in [0.25, 0.3) is 0 Å². The van der Waals surface area contributed by atoms with Gasteiger partial charge in [-0.25, -0.2) is 0 Å². The number of likely N-dealkylation sites (tertiary alicyclic amines) is 2. The van der Waals surface area contributed by atoms with E-state index in [4.69, 9.17) is 9.47 Å². The number of rotatable bonds is 15. The molecule has 56 heavy (non-hydrogen) atoms. The van der Waals surface area contributed by atoms with Crippen LogP contribution in [0.15, 0.2) is 36.4 Å². The molecule has 8 aliphatic rings. The van der Waals surface area contributed by atoms with Crippen LogP contribution in [0, 0.1) is 23.7 Å². The van der Waals surface area contributed by atoms with E-state index in [0.29, 0.717) is 24.9 Å². The molecule has 302 valence electrons.